The maximum absolute atomic E-state index is 14.9. The van der Waals surface area contributed by atoms with Crippen molar-refractivity contribution in [1.82, 2.24) is 35.0 Å². The van der Waals surface area contributed by atoms with Crippen LogP contribution in [-0.4, -0.2) is 98.5 Å². The third-order valence-electron chi connectivity index (χ3n) is 11.9. The SMILES string of the molecule is CC(C)C[C@@H]1NC(=O)[C@@H](n2ccc3[nH]c([C@@H]4C[C@@H](F)CN4C(=O)C4(C(F)(F)F)CC(F)(F)C4)nc3c2=O)CCCCCCCNC(=O)[C@H](Cc2cc(Cl)ccc2Cl)N(C)C1=O. The van der Waals surface area contributed by atoms with Gasteiger partial charge in [0.1, 0.15) is 30.1 Å². The summed E-state index contributed by atoms with van der Waals surface area (Å²) in [5.74, 6) is -7.38. The van der Waals surface area contributed by atoms with Gasteiger partial charge in [-0.3, -0.25) is 24.0 Å². The average Bonchev–Trinajstić information content (AvgIpc) is 3.79. The summed E-state index contributed by atoms with van der Waals surface area (Å²) in [5, 5.41) is 6.51. The van der Waals surface area contributed by atoms with Crippen LogP contribution in [0.5, 0.6) is 0 Å². The topological polar surface area (TPSA) is 150 Å². The van der Waals surface area contributed by atoms with Gasteiger partial charge in [0, 0.05) is 55.5 Å². The Hall–Kier alpha value is -4.32. The summed E-state index contributed by atoms with van der Waals surface area (Å²) in [5.41, 5.74) is -3.81. The Morgan fingerprint density at radius 3 is 2.34 bits per heavy atom. The van der Waals surface area contributed by atoms with E-state index in [0.717, 1.165) is 17.4 Å². The number of nitrogens with zero attached hydrogens (tertiary/aromatic N) is 4. The molecule has 3 aliphatic rings. The number of H-pyrrole nitrogens is 1. The highest BCUT2D eigenvalue weighted by atomic mass is 35.5. The molecule has 4 amide bonds. The molecule has 334 valence electrons. The number of carbonyl (C=O) groups is 4. The minimum Gasteiger partial charge on any atom is -0.354 e. The maximum Gasteiger partial charge on any atom is 0.403 e. The molecular weight excluding hydrogens is 855 g/mol. The van der Waals surface area contributed by atoms with Gasteiger partial charge in [-0.15, -0.1) is 0 Å². The molecule has 1 aromatic carbocycles. The van der Waals surface area contributed by atoms with E-state index in [4.69, 9.17) is 23.2 Å². The van der Waals surface area contributed by atoms with Gasteiger partial charge >= 0.3 is 6.18 Å². The second-order valence-corrected chi connectivity index (χ2v) is 17.8. The van der Waals surface area contributed by atoms with Gasteiger partial charge in [-0.25, -0.2) is 18.2 Å². The third kappa shape index (κ3) is 9.84. The van der Waals surface area contributed by atoms with Crippen LogP contribution < -0.4 is 16.2 Å². The Kier molecular flexibility index (Phi) is 13.8. The van der Waals surface area contributed by atoms with Crippen molar-refractivity contribution in [2.75, 3.05) is 20.1 Å². The fraction of sp³-hybridized carbons (Fsp3) is 0.610. The van der Waals surface area contributed by atoms with Crippen molar-refractivity contribution in [3.63, 3.8) is 0 Å². The second-order valence-electron chi connectivity index (χ2n) is 17.0. The molecule has 4 heterocycles. The standard InChI is InChI=1S/C41H49Cl2F6N7O5/c1-22(2)15-28-36(59)54(3)31(17-23-16-24(42)10-11-26(23)43)34(57)50-13-8-6-4-5-7-9-29(35(58)52-28)55-14-12-27-32(37(55)60)53-33(51-27)30-18-25(44)19-56(30)38(61)39(41(47,48)49)20-40(45,46)21-39/h10-12,14,16,22,25,28-31H,4-9,13,15,17-21H2,1-3H3,(H,50,57)(H,51,53)(H,52,58)/t25-,28+,29+,30+,31+/m1/s1. The van der Waals surface area contributed by atoms with E-state index in [1.165, 1.54) is 24.2 Å². The molecular formula is C41H49Cl2F6N7O5. The van der Waals surface area contributed by atoms with E-state index in [1.807, 2.05) is 13.8 Å². The minimum absolute atomic E-state index is 0.0252. The number of aromatic nitrogens is 3. The molecule has 5 atom stereocenters. The largest absolute Gasteiger partial charge is 0.403 e. The summed E-state index contributed by atoms with van der Waals surface area (Å²) in [6.07, 6.45) is -6.17. The summed E-state index contributed by atoms with van der Waals surface area (Å²) < 4.78 is 86.3. The highest BCUT2D eigenvalue weighted by molar-refractivity contribution is 6.33. The number of alkyl halides is 6. The normalized spacial score (nSPS) is 25.7. The van der Waals surface area contributed by atoms with Gasteiger partial charge in [-0.2, -0.15) is 13.2 Å². The predicted octanol–water partition coefficient (Wildman–Crippen LogP) is 7.23. The number of likely N-dealkylation sites (N-methyl/N-ethyl adjacent to an activating group) is 1. The van der Waals surface area contributed by atoms with Crippen molar-refractivity contribution in [1.29, 1.82) is 0 Å². The molecule has 0 unspecified atom stereocenters. The number of aromatic amines is 1. The lowest BCUT2D eigenvalue weighted by molar-refractivity contribution is -0.299. The number of fused-ring (bicyclic) bond motifs is 1. The number of likely N-dealkylation sites (tertiary alicyclic amines) is 1. The monoisotopic (exact) mass is 903 g/mol. The van der Waals surface area contributed by atoms with E-state index in [0.29, 0.717) is 46.3 Å². The lowest BCUT2D eigenvalue weighted by Gasteiger charge is -2.48. The Bertz CT molecular complexity index is 2190. The van der Waals surface area contributed by atoms with Crippen LogP contribution in [0, 0.1) is 11.3 Å². The highest BCUT2D eigenvalue weighted by Gasteiger charge is 2.75. The summed E-state index contributed by atoms with van der Waals surface area (Å²) in [4.78, 5) is 79.0. The fourth-order valence-corrected chi connectivity index (χ4v) is 9.07. The molecule has 61 heavy (non-hydrogen) atoms. The van der Waals surface area contributed by atoms with Crippen LogP contribution in [-0.2, 0) is 25.6 Å². The van der Waals surface area contributed by atoms with Gasteiger partial charge < -0.3 is 30.0 Å². The van der Waals surface area contributed by atoms with E-state index in [2.05, 4.69) is 20.6 Å². The highest BCUT2D eigenvalue weighted by Crippen LogP contribution is 2.61. The van der Waals surface area contributed by atoms with Crippen LogP contribution >= 0.6 is 23.2 Å². The van der Waals surface area contributed by atoms with Crippen molar-refractivity contribution in [3.8, 4) is 0 Å². The Labute approximate surface area is 358 Å². The van der Waals surface area contributed by atoms with E-state index < -0.39 is 103 Å². The molecule has 2 saturated heterocycles. The lowest BCUT2D eigenvalue weighted by Crippen LogP contribution is -2.63. The van der Waals surface area contributed by atoms with Crippen molar-refractivity contribution < 1.29 is 45.5 Å². The fourth-order valence-electron chi connectivity index (χ4n) is 8.68. The number of halogens is 8. The number of carbonyl (C=O) groups excluding carboxylic acids is 4. The Morgan fingerprint density at radius 2 is 1.67 bits per heavy atom. The molecule has 0 spiro atoms. The van der Waals surface area contributed by atoms with Crippen LogP contribution in [0.3, 0.4) is 0 Å². The maximum atomic E-state index is 14.9. The number of amides is 4. The molecule has 12 nitrogen and oxygen atoms in total. The van der Waals surface area contributed by atoms with Crippen molar-refractivity contribution in [2.45, 2.75) is 127 Å². The molecule has 2 aliphatic heterocycles. The zero-order valence-corrected chi connectivity index (χ0v) is 35.4. The number of imidazole rings is 1. The molecule has 2 aromatic heterocycles. The average molecular weight is 905 g/mol. The number of rotatable bonds is 7. The molecule has 3 N–H and O–H groups in total. The smallest absolute Gasteiger partial charge is 0.354 e. The number of benzene rings is 1. The first kappa shape index (κ1) is 46.2. The van der Waals surface area contributed by atoms with E-state index in [9.17, 15) is 50.3 Å². The van der Waals surface area contributed by atoms with Crippen molar-refractivity contribution in [3.05, 3.63) is 62.2 Å². The van der Waals surface area contributed by atoms with Gasteiger partial charge in [0.25, 0.3) is 11.5 Å². The molecule has 3 aromatic rings. The van der Waals surface area contributed by atoms with Gasteiger partial charge in [0.2, 0.25) is 23.6 Å². The molecule has 20 heteroatoms. The zero-order valence-electron chi connectivity index (χ0n) is 33.9. The molecule has 0 bridgehead atoms. The summed E-state index contributed by atoms with van der Waals surface area (Å²) in [6, 6.07) is 1.45. The van der Waals surface area contributed by atoms with Gasteiger partial charge in [0.05, 0.1) is 18.1 Å². The van der Waals surface area contributed by atoms with Gasteiger partial charge in [-0.05, 0) is 55.0 Å². The first-order valence-electron chi connectivity index (χ1n) is 20.4. The molecule has 1 saturated carbocycles. The van der Waals surface area contributed by atoms with Crippen LogP contribution in [0.15, 0.2) is 35.3 Å². The molecule has 3 fully saturated rings. The van der Waals surface area contributed by atoms with Crippen molar-refractivity contribution >= 4 is 57.9 Å². The number of nitrogens with one attached hydrogen (secondary N) is 3. The lowest BCUT2D eigenvalue weighted by atomic mass is 9.64. The van der Waals surface area contributed by atoms with Crippen molar-refractivity contribution in [2.24, 2.45) is 11.3 Å². The summed E-state index contributed by atoms with van der Waals surface area (Å²) >= 11 is 12.7. The van der Waals surface area contributed by atoms with Crippen LogP contribution in [0.2, 0.25) is 10.0 Å². The van der Waals surface area contributed by atoms with Gasteiger partial charge in [-0.1, -0.05) is 62.7 Å². The number of hydrogen-bond acceptors (Lipinski definition) is 6. The third-order valence-corrected chi connectivity index (χ3v) is 12.5. The zero-order chi connectivity index (χ0) is 44.6. The van der Waals surface area contributed by atoms with Gasteiger partial charge in [0.15, 0.2) is 10.9 Å². The van der Waals surface area contributed by atoms with E-state index in [-0.39, 0.29) is 42.0 Å². The summed E-state index contributed by atoms with van der Waals surface area (Å²) in [6.45, 7) is 3.28. The Balaban J connectivity index is 1.31. The molecule has 6 rings (SSSR count). The van der Waals surface area contributed by atoms with E-state index >= 15 is 0 Å². The first-order valence-corrected chi connectivity index (χ1v) is 21.2. The molecule has 1 aliphatic carbocycles. The van der Waals surface area contributed by atoms with Crippen LogP contribution in [0.1, 0.15) is 102 Å². The number of pyridine rings is 1. The minimum atomic E-state index is -5.33. The van der Waals surface area contributed by atoms with Crippen LogP contribution in [0.25, 0.3) is 11.0 Å². The predicted molar refractivity (Wildman–Crippen MR) is 215 cm³/mol. The summed E-state index contributed by atoms with van der Waals surface area (Å²) in [7, 11) is 1.47. The first-order chi connectivity index (χ1) is 28.6. The van der Waals surface area contributed by atoms with E-state index in [1.54, 1.807) is 18.2 Å². The Morgan fingerprint density at radius 1 is 0.984 bits per heavy atom. The molecule has 0 radical (unpaired) electrons. The quantitative estimate of drug-likeness (QED) is 0.213. The second kappa shape index (κ2) is 18.2. The van der Waals surface area contributed by atoms with Crippen LogP contribution in [0.4, 0.5) is 26.3 Å². The number of hydrogen-bond donors (Lipinski definition) is 3.